The molecule has 1 heterocycles. The Bertz CT molecular complexity index is 878. The average Bonchev–Trinajstić information content (AvgIpc) is 3.52. The average molecular weight is 394 g/mol. The molecule has 1 saturated heterocycles. The minimum atomic E-state index is -1.71. The van der Waals surface area contributed by atoms with E-state index in [-0.39, 0.29) is 24.3 Å². The van der Waals surface area contributed by atoms with Gasteiger partial charge in [-0.05, 0) is 48.9 Å². The van der Waals surface area contributed by atoms with E-state index >= 15 is 0 Å². The predicted molar refractivity (Wildman–Crippen MR) is 111 cm³/mol. The second kappa shape index (κ2) is 7.97. The Morgan fingerprint density at radius 3 is 2.38 bits per heavy atom. The summed E-state index contributed by atoms with van der Waals surface area (Å²) in [4.78, 5) is 27.2. The molecule has 2 unspecified atom stereocenters. The van der Waals surface area contributed by atoms with Crippen molar-refractivity contribution in [1.82, 2.24) is 4.90 Å². The first kappa shape index (κ1) is 19.6. The molecule has 4 rings (SSSR count). The lowest BCUT2D eigenvalue weighted by molar-refractivity contribution is -0.141. The largest absolute Gasteiger partial charge is 0.339 e. The summed E-state index contributed by atoms with van der Waals surface area (Å²) in [5.41, 5.74) is 1.36. The van der Waals surface area contributed by atoms with Gasteiger partial charge in [0.05, 0.1) is 5.92 Å². The monoisotopic (exact) mass is 394 g/mol. The zero-order valence-corrected chi connectivity index (χ0v) is 16.7. The van der Waals surface area contributed by atoms with E-state index in [1.165, 1.54) is 5.56 Å². The summed E-state index contributed by atoms with van der Waals surface area (Å²) >= 11 is 0. The number of nitrogens with one attached hydrogen (secondary N) is 1. The molecule has 2 amide bonds. The van der Waals surface area contributed by atoms with Gasteiger partial charge in [-0.1, -0.05) is 49.4 Å². The second-order valence-corrected chi connectivity index (χ2v) is 8.26. The van der Waals surface area contributed by atoms with Crippen molar-refractivity contribution in [1.29, 1.82) is 0 Å². The van der Waals surface area contributed by atoms with Crippen molar-refractivity contribution in [3.05, 3.63) is 65.7 Å². The van der Waals surface area contributed by atoms with Crippen LogP contribution < -0.4 is 5.32 Å². The third-order valence-electron chi connectivity index (χ3n) is 6.08. The van der Waals surface area contributed by atoms with Crippen LogP contribution in [0.4, 0.5) is 10.1 Å². The molecule has 5 heteroatoms. The van der Waals surface area contributed by atoms with E-state index < -0.39 is 11.6 Å². The number of piperidine rings is 1. The fourth-order valence-electron chi connectivity index (χ4n) is 4.09. The van der Waals surface area contributed by atoms with Gasteiger partial charge >= 0.3 is 0 Å². The van der Waals surface area contributed by atoms with Crippen molar-refractivity contribution in [2.24, 2.45) is 5.92 Å². The van der Waals surface area contributed by atoms with Crippen LogP contribution in [-0.2, 0) is 16.0 Å². The van der Waals surface area contributed by atoms with Crippen molar-refractivity contribution in [3.8, 4) is 0 Å². The van der Waals surface area contributed by atoms with Gasteiger partial charge in [0.1, 0.15) is 0 Å². The number of rotatable bonds is 5. The van der Waals surface area contributed by atoms with Crippen LogP contribution in [-0.4, -0.2) is 35.5 Å². The van der Waals surface area contributed by atoms with Gasteiger partial charge < -0.3 is 10.2 Å². The first-order chi connectivity index (χ1) is 14.0. The third-order valence-corrected chi connectivity index (χ3v) is 6.08. The molecule has 1 aliphatic heterocycles. The number of anilines is 1. The molecule has 2 aromatic rings. The van der Waals surface area contributed by atoms with Crippen LogP contribution in [0.25, 0.3) is 0 Å². The molecule has 1 N–H and O–H groups in total. The highest BCUT2D eigenvalue weighted by Gasteiger charge is 2.54. The number of hydrogen-bond acceptors (Lipinski definition) is 2. The number of nitrogens with zero attached hydrogens (tertiary/aromatic N) is 1. The summed E-state index contributed by atoms with van der Waals surface area (Å²) in [6.45, 7) is 2.84. The molecule has 0 bridgehead atoms. The van der Waals surface area contributed by atoms with E-state index in [1.807, 2.05) is 30.3 Å². The molecule has 1 saturated carbocycles. The lowest BCUT2D eigenvalue weighted by Crippen LogP contribution is -2.49. The summed E-state index contributed by atoms with van der Waals surface area (Å²) in [6.07, 6.45) is 2.19. The highest BCUT2D eigenvalue weighted by atomic mass is 19.1. The highest BCUT2D eigenvalue weighted by molar-refractivity contribution is 5.94. The number of carbonyl (C=O) groups is 2. The number of halogens is 1. The lowest BCUT2D eigenvalue weighted by atomic mass is 9.83. The molecule has 4 nitrogen and oxygen atoms in total. The van der Waals surface area contributed by atoms with Crippen molar-refractivity contribution < 1.29 is 14.0 Å². The maximum atomic E-state index is 14.5. The maximum absolute atomic E-state index is 14.5. The Balaban J connectivity index is 1.54. The molecule has 0 radical (unpaired) electrons. The molecule has 2 fully saturated rings. The lowest BCUT2D eigenvalue weighted by Gasteiger charge is -2.38. The van der Waals surface area contributed by atoms with E-state index in [0.29, 0.717) is 25.8 Å². The number of carbonyl (C=O) groups excluding carboxylic acids is 2. The smallest absolute Gasteiger partial charge is 0.260 e. The number of hydrogen-bond donors (Lipinski definition) is 1. The minimum absolute atomic E-state index is 0.0208. The first-order valence-electron chi connectivity index (χ1n) is 10.4. The van der Waals surface area contributed by atoms with E-state index in [0.717, 1.165) is 17.7 Å². The fraction of sp³-hybridized carbons (Fsp3) is 0.417. The van der Waals surface area contributed by atoms with Crippen molar-refractivity contribution >= 4 is 17.5 Å². The van der Waals surface area contributed by atoms with E-state index in [9.17, 15) is 14.0 Å². The van der Waals surface area contributed by atoms with Gasteiger partial charge in [0.2, 0.25) is 5.91 Å². The van der Waals surface area contributed by atoms with Gasteiger partial charge in [0.15, 0.2) is 5.67 Å². The molecule has 0 aromatic heterocycles. The summed E-state index contributed by atoms with van der Waals surface area (Å²) in [6, 6.07) is 17.6. The van der Waals surface area contributed by atoms with Crippen LogP contribution in [0.5, 0.6) is 0 Å². The van der Waals surface area contributed by atoms with Crippen molar-refractivity contribution in [3.63, 3.8) is 0 Å². The molecule has 1 aliphatic carbocycles. The maximum Gasteiger partial charge on any atom is 0.260 e. The van der Waals surface area contributed by atoms with Gasteiger partial charge in [-0.25, -0.2) is 4.39 Å². The van der Waals surface area contributed by atoms with Crippen LogP contribution >= 0.6 is 0 Å². The zero-order chi connectivity index (χ0) is 20.4. The third kappa shape index (κ3) is 4.34. The SMILES string of the molecule is CCc1ccc(C2CC(C(=O)Nc3ccccc3)CN(C(=O)C3(F)CC3)C2)cc1. The first-order valence-corrected chi connectivity index (χ1v) is 10.4. The Hall–Kier alpha value is -2.69. The molecular formula is C24H27FN2O2. The van der Waals surface area contributed by atoms with Crippen molar-refractivity contribution in [2.75, 3.05) is 18.4 Å². The fourth-order valence-corrected chi connectivity index (χ4v) is 4.09. The van der Waals surface area contributed by atoms with E-state index in [2.05, 4.69) is 36.5 Å². The van der Waals surface area contributed by atoms with E-state index in [1.54, 1.807) is 4.90 Å². The number of alkyl halides is 1. The van der Waals surface area contributed by atoms with Gasteiger partial charge in [0, 0.05) is 24.7 Å². The standard InChI is InChI=1S/C24H27FN2O2/c1-2-17-8-10-18(11-9-17)19-14-20(22(28)26-21-6-4-3-5-7-21)16-27(15-19)23(29)24(25)12-13-24/h3-11,19-20H,2,12-16H2,1H3,(H,26,28). The van der Waals surface area contributed by atoms with Crippen LogP contribution in [0.1, 0.15) is 43.2 Å². The molecule has 2 aliphatic rings. The quantitative estimate of drug-likeness (QED) is 0.821. The minimum Gasteiger partial charge on any atom is -0.339 e. The number of para-hydroxylation sites is 1. The molecule has 2 aromatic carbocycles. The number of benzene rings is 2. The van der Waals surface area contributed by atoms with Gasteiger partial charge in [-0.3, -0.25) is 9.59 Å². The summed E-state index contributed by atoms with van der Waals surface area (Å²) in [5.74, 6) is -0.920. The number of aryl methyl sites for hydroxylation is 1. The summed E-state index contributed by atoms with van der Waals surface area (Å²) in [7, 11) is 0. The Labute approximate surface area is 171 Å². The van der Waals surface area contributed by atoms with Crippen LogP contribution in [0, 0.1) is 5.92 Å². The topological polar surface area (TPSA) is 49.4 Å². The Kier molecular flexibility index (Phi) is 5.39. The van der Waals surface area contributed by atoms with Gasteiger partial charge in [-0.2, -0.15) is 0 Å². The highest BCUT2D eigenvalue weighted by Crippen LogP contribution is 2.43. The molecular weight excluding hydrogens is 367 g/mol. The molecule has 152 valence electrons. The normalized spacial score (nSPS) is 22.8. The van der Waals surface area contributed by atoms with Gasteiger partial charge in [-0.15, -0.1) is 0 Å². The van der Waals surface area contributed by atoms with Gasteiger partial charge in [0.25, 0.3) is 5.91 Å². The molecule has 2 atom stereocenters. The zero-order valence-electron chi connectivity index (χ0n) is 16.7. The second-order valence-electron chi connectivity index (χ2n) is 8.26. The Morgan fingerprint density at radius 2 is 1.76 bits per heavy atom. The summed E-state index contributed by atoms with van der Waals surface area (Å²) in [5, 5.41) is 2.95. The predicted octanol–water partition coefficient (Wildman–Crippen LogP) is 4.32. The van der Waals surface area contributed by atoms with Crippen LogP contribution in [0.15, 0.2) is 54.6 Å². The molecule has 0 spiro atoms. The van der Waals surface area contributed by atoms with Crippen LogP contribution in [0.2, 0.25) is 0 Å². The Morgan fingerprint density at radius 1 is 1.07 bits per heavy atom. The number of likely N-dealkylation sites (tertiary alicyclic amines) is 1. The number of amides is 2. The summed E-state index contributed by atoms with van der Waals surface area (Å²) < 4.78 is 14.5. The van der Waals surface area contributed by atoms with Crippen LogP contribution in [0.3, 0.4) is 0 Å². The van der Waals surface area contributed by atoms with Crippen molar-refractivity contribution in [2.45, 2.75) is 44.2 Å². The van der Waals surface area contributed by atoms with E-state index in [4.69, 9.17) is 0 Å². The molecule has 29 heavy (non-hydrogen) atoms.